The summed E-state index contributed by atoms with van der Waals surface area (Å²) in [5, 5.41) is 3.86. The fraction of sp³-hybridized carbons (Fsp3) is 0.190. The van der Waals surface area contributed by atoms with Gasteiger partial charge in [0.25, 0.3) is 15.7 Å². The number of nitrogens with zero attached hydrogens (tertiary/aromatic N) is 3. The van der Waals surface area contributed by atoms with Crippen molar-refractivity contribution in [3.8, 4) is 0 Å². The van der Waals surface area contributed by atoms with Crippen molar-refractivity contribution in [1.82, 2.24) is 9.88 Å². The SMILES string of the molecule is CNc1cccc2nccc(CN3CC(=O)N(c4ccc(S(=O)(=O)C(F)(F)F)cc4)C3=O)c12. The van der Waals surface area contributed by atoms with E-state index in [0.29, 0.717) is 5.52 Å². The molecule has 2 heterocycles. The molecular formula is C21H17F3N4O4S. The van der Waals surface area contributed by atoms with Crippen molar-refractivity contribution >= 4 is 44.1 Å². The number of benzene rings is 2. The average molecular weight is 478 g/mol. The van der Waals surface area contributed by atoms with Gasteiger partial charge in [0.2, 0.25) is 0 Å². The number of imide groups is 1. The molecule has 0 unspecified atom stereocenters. The Kier molecular flexibility index (Phi) is 5.48. The molecule has 0 atom stereocenters. The van der Waals surface area contributed by atoms with Crippen LogP contribution >= 0.6 is 0 Å². The van der Waals surface area contributed by atoms with Crippen molar-refractivity contribution in [2.45, 2.75) is 16.9 Å². The first-order chi connectivity index (χ1) is 15.5. The van der Waals surface area contributed by atoms with Crippen molar-refractivity contribution in [3.63, 3.8) is 0 Å². The van der Waals surface area contributed by atoms with Crippen molar-refractivity contribution in [1.29, 1.82) is 0 Å². The van der Waals surface area contributed by atoms with Crippen LogP contribution in [0.4, 0.5) is 29.3 Å². The summed E-state index contributed by atoms with van der Waals surface area (Å²) in [7, 11) is -3.78. The van der Waals surface area contributed by atoms with Crippen LogP contribution in [0.5, 0.6) is 0 Å². The largest absolute Gasteiger partial charge is 0.501 e. The van der Waals surface area contributed by atoms with Crippen LogP contribution in [0.2, 0.25) is 0 Å². The minimum atomic E-state index is -5.53. The van der Waals surface area contributed by atoms with Crippen LogP contribution in [-0.2, 0) is 21.2 Å². The lowest BCUT2D eigenvalue weighted by atomic mass is 10.1. The van der Waals surface area contributed by atoms with Crippen molar-refractivity contribution in [2.24, 2.45) is 0 Å². The number of carbonyl (C=O) groups excluding carboxylic acids is 2. The Hall–Kier alpha value is -3.67. The highest BCUT2D eigenvalue weighted by Gasteiger charge is 2.47. The van der Waals surface area contributed by atoms with Crippen molar-refractivity contribution < 1.29 is 31.2 Å². The van der Waals surface area contributed by atoms with E-state index >= 15 is 0 Å². The second kappa shape index (κ2) is 8.03. The summed E-state index contributed by atoms with van der Waals surface area (Å²) in [5.41, 5.74) is -3.23. The third-order valence-corrected chi connectivity index (χ3v) is 6.73. The Labute approximate surface area is 186 Å². The number of pyridine rings is 1. The van der Waals surface area contributed by atoms with E-state index in [0.717, 1.165) is 45.8 Å². The second-order valence-corrected chi connectivity index (χ2v) is 9.17. The number of urea groups is 1. The molecule has 0 aliphatic carbocycles. The summed E-state index contributed by atoms with van der Waals surface area (Å²) < 4.78 is 61.3. The third kappa shape index (κ3) is 3.86. The molecule has 1 fully saturated rings. The van der Waals surface area contributed by atoms with E-state index in [1.54, 1.807) is 19.3 Å². The van der Waals surface area contributed by atoms with E-state index in [1.165, 1.54) is 4.90 Å². The molecule has 2 aromatic carbocycles. The highest BCUT2D eigenvalue weighted by atomic mass is 32.2. The summed E-state index contributed by atoms with van der Waals surface area (Å²) in [6.07, 6.45) is 1.59. The van der Waals surface area contributed by atoms with Crippen LogP contribution in [0.25, 0.3) is 10.9 Å². The minimum absolute atomic E-state index is 0.0240. The predicted octanol–water partition coefficient (Wildman–Crippen LogP) is 3.54. The van der Waals surface area contributed by atoms with Gasteiger partial charge < -0.3 is 10.2 Å². The summed E-state index contributed by atoms with van der Waals surface area (Å²) in [6.45, 7) is -0.147. The molecule has 1 aromatic heterocycles. The quantitative estimate of drug-likeness (QED) is 0.563. The van der Waals surface area contributed by atoms with E-state index in [9.17, 15) is 31.2 Å². The Bertz CT molecular complexity index is 1350. The minimum Gasteiger partial charge on any atom is -0.388 e. The average Bonchev–Trinajstić information content (AvgIpc) is 3.05. The zero-order chi connectivity index (χ0) is 24.0. The molecular weight excluding hydrogens is 461 g/mol. The van der Waals surface area contributed by atoms with Gasteiger partial charge >= 0.3 is 11.5 Å². The number of rotatable bonds is 5. The third-order valence-electron chi connectivity index (χ3n) is 5.23. The number of fused-ring (bicyclic) bond motifs is 1. The molecule has 8 nitrogen and oxygen atoms in total. The van der Waals surface area contributed by atoms with E-state index in [2.05, 4.69) is 10.3 Å². The maximum atomic E-state index is 13.0. The Morgan fingerprint density at radius 1 is 1.06 bits per heavy atom. The summed E-state index contributed by atoms with van der Waals surface area (Å²) in [6, 6.07) is 10.0. The van der Waals surface area contributed by atoms with Crippen molar-refractivity contribution in [2.75, 3.05) is 23.8 Å². The van der Waals surface area contributed by atoms with Gasteiger partial charge in [-0.1, -0.05) is 6.07 Å². The highest BCUT2D eigenvalue weighted by molar-refractivity contribution is 7.92. The predicted molar refractivity (Wildman–Crippen MR) is 114 cm³/mol. The number of nitrogens with one attached hydrogen (secondary N) is 1. The van der Waals surface area contributed by atoms with Gasteiger partial charge in [-0.3, -0.25) is 9.78 Å². The topological polar surface area (TPSA) is 99.7 Å². The normalized spacial score (nSPS) is 14.9. The van der Waals surface area contributed by atoms with Gasteiger partial charge in [-0.15, -0.1) is 0 Å². The van der Waals surface area contributed by atoms with Gasteiger partial charge in [-0.2, -0.15) is 13.2 Å². The first-order valence-electron chi connectivity index (χ1n) is 9.62. The zero-order valence-corrected chi connectivity index (χ0v) is 17.9. The molecule has 172 valence electrons. The summed E-state index contributed by atoms with van der Waals surface area (Å²) in [4.78, 5) is 31.0. The standard InChI is InChI=1S/C21H17F3N4O4S/c1-25-16-3-2-4-17-19(16)13(9-10-26-17)11-27-12-18(29)28(20(27)30)14-5-7-15(8-6-14)33(31,32)21(22,23)24/h2-10,25H,11-12H2,1H3. The van der Waals surface area contributed by atoms with Crippen LogP contribution in [0.3, 0.4) is 0 Å². The zero-order valence-electron chi connectivity index (χ0n) is 17.1. The lowest BCUT2D eigenvalue weighted by molar-refractivity contribution is -0.116. The Balaban J connectivity index is 1.61. The summed E-state index contributed by atoms with van der Waals surface area (Å²) in [5.74, 6) is -0.585. The number of carbonyl (C=O) groups is 2. The number of hydrogen-bond acceptors (Lipinski definition) is 6. The van der Waals surface area contributed by atoms with E-state index in [-0.39, 0.29) is 18.8 Å². The molecule has 3 amide bonds. The number of sulfone groups is 1. The Morgan fingerprint density at radius 2 is 1.76 bits per heavy atom. The number of alkyl halides is 3. The van der Waals surface area contributed by atoms with Gasteiger partial charge in [0.15, 0.2) is 0 Å². The molecule has 1 saturated heterocycles. The maximum absolute atomic E-state index is 13.0. The fourth-order valence-electron chi connectivity index (χ4n) is 3.66. The number of hydrogen-bond donors (Lipinski definition) is 1. The fourth-order valence-corrected chi connectivity index (χ4v) is 4.42. The van der Waals surface area contributed by atoms with Crippen LogP contribution in [0.15, 0.2) is 59.6 Å². The van der Waals surface area contributed by atoms with Gasteiger partial charge in [0.1, 0.15) is 6.54 Å². The Morgan fingerprint density at radius 3 is 2.39 bits per heavy atom. The van der Waals surface area contributed by atoms with Crippen LogP contribution in [0, 0.1) is 0 Å². The van der Waals surface area contributed by atoms with Crippen molar-refractivity contribution in [3.05, 3.63) is 60.3 Å². The molecule has 1 aliphatic rings. The lowest BCUT2D eigenvalue weighted by Gasteiger charge is -2.19. The molecule has 1 aliphatic heterocycles. The first-order valence-corrected chi connectivity index (χ1v) is 11.1. The molecule has 0 bridgehead atoms. The lowest BCUT2D eigenvalue weighted by Crippen LogP contribution is -2.33. The molecule has 3 aromatic rings. The van der Waals surface area contributed by atoms with Gasteiger partial charge in [0, 0.05) is 30.9 Å². The highest BCUT2D eigenvalue weighted by Crippen LogP contribution is 2.32. The van der Waals surface area contributed by atoms with Crippen LogP contribution < -0.4 is 10.2 Å². The monoisotopic (exact) mass is 478 g/mol. The van der Waals surface area contributed by atoms with E-state index < -0.39 is 32.2 Å². The van der Waals surface area contributed by atoms with Crippen LogP contribution in [0.1, 0.15) is 5.56 Å². The molecule has 12 heteroatoms. The smallest absolute Gasteiger partial charge is 0.388 e. The first kappa shape index (κ1) is 22.5. The number of anilines is 2. The second-order valence-electron chi connectivity index (χ2n) is 7.23. The number of aromatic nitrogens is 1. The van der Waals surface area contributed by atoms with Gasteiger partial charge in [-0.05, 0) is 48.0 Å². The number of halogens is 3. The van der Waals surface area contributed by atoms with Crippen LogP contribution in [-0.4, -0.2) is 49.3 Å². The molecule has 0 radical (unpaired) electrons. The molecule has 1 N–H and O–H groups in total. The molecule has 0 spiro atoms. The maximum Gasteiger partial charge on any atom is 0.501 e. The molecule has 4 rings (SSSR count). The van der Waals surface area contributed by atoms with Gasteiger partial charge in [0.05, 0.1) is 16.1 Å². The molecule has 33 heavy (non-hydrogen) atoms. The van der Waals surface area contributed by atoms with E-state index in [1.807, 2.05) is 18.2 Å². The summed E-state index contributed by atoms with van der Waals surface area (Å²) >= 11 is 0. The number of amides is 3. The van der Waals surface area contributed by atoms with Gasteiger partial charge in [-0.25, -0.2) is 18.1 Å². The van der Waals surface area contributed by atoms with E-state index in [4.69, 9.17) is 0 Å². The molecule has 0 saturated carbocycles.